The molecule has 1 unspecified atom stereocenters. The highest BCUT2D eigenvalue weighted by Gasteiger charge is 2.17. The molecule has 1 aliphatic carbocycles. The molecule has 0 bridgehead atoms. The maximum absolute atomic E-state index is 5.84. The number of allylic oxidation sites excluding steroid dienone is 2. The van der Waals surface area contributed by atoms with Gasteiger partial charge >= 0.3 is 0 Å². The summed E-state index contributed by atoms with van der Waals surface area (Å²) < 4.78 is 0. The fourth-order valence-electron chi connectivity index (χ4n) is 1.68. The van der Waals surface area contributed by atoms with E-state index in [4.69, 9.17) is 5.73 Å². The predicted octanol–water partition coefficient (Wildman–Crippen LogP) is 3.12. The van der Waals surface area contributed by atoms with E-state index in [9.17, 15) is 0 Å². The first-order valence-electron chi connectivity index (χ1n) is 5.27. The molecule has 2 nitrogen and oxygen atoms in total. The highest BCUT2D eigenvalue weighted by molar-refractivity contribution is 5.74. The summed E-state index contributed by atoms with van der Waals surface area (Å²) in [5.41, 5.74) is 8.16. The fourth-order valence-corrected chi connectivity index (χ4v) is 1.68. The Morgan fingerprint density at radius 1 is 1.33 bits per heavy atom. The number of nitrogens with two attached hydrogens (primary N) is 1. The van der Waals surface area contributed by atoms with Crippen molar-refractivity contribution in [2.75, 3.05) is 5.73 Å². The van der Waals surface area contributed by atoms with Crippen LogP contribution in [-0.2, 0) is 0 Å². The van der Waals surface area contributed by atoms with E-state index in [0.717, 1.165) is 17.5 Å². The summed E-state index contributed by atoms with van der Waals surface area (Å²) in [6, 6.07) is 1.99. The monoisotopic (exact) mass is 200 g/mol. The van der Waals surface area contributed by atoms with Crippen LogP contribution in [0.15, 0.2) is 24.4 Å². The van der Waals surface area contributed by atoms with Gasteiger partial charge in [-0.15, -0.1) is 0 Å². The van der Waals surface area contributed by atoms with Crippen molar-refractivity contribution in [2.45, 2.75) is 20.3 Å². The number of aromatic nitrogens is 1. The van der Waals surface area contributed by atoms with E-state index < -0.39 is 0 Å². The molecule has 1 aromatic heterocycles. The van der Waals surface area contributed by atoms with E-state index in [2.05, 4.69) is 43.1 Å². The number of nitrogens with zero attached hydrogens (tertiary/aromatic N) is 1. The van der Waals surface area contributed by atoms with Crippen LogP contribution in [0.3, 0.4) is 0 Å². The van der Waals surface area contributed by atoms with Crippen molar-refractivity contribution in [3.05, 3.63) is 35.5 Å². The number of nitrogen functional groups attached to an aromatic ring is 1. The second-order valence-corrected chi connectivity index (χ2v) is 4.23. The highest BCUT2D eigenvalue weighted by atomic mass is 14.8. The Morgan fingerprint density at radius 2 is 2.07 bits per heavy atom. The summed E-state index contributed by atoms with van der Waals surface area (Å²) in [5.74, 6) is 0.605. The average molecular weight is 200 g/mol. The lowest BCUT2D eigenvalue weighted by Gasteiger charge is -2.17. The van der Waals surface area contributed by atoms with Gasteiger partial charge in [0.2, 0.25) is 0 Å². The lowest BCUT2D eigenvalue weighted by atomic mass is 9.87. The van der Waals surface area contributed by atoms with Crippen LogP contribution < -0.4 is 5.73 Å². The molecule has 15 heavy (non-hydrogen) atoms. The van der Waals surface area contributed by atoms with Gasteiger partial charge in [0.25, 0.3) is 0 Å². The third-order valence-electron chi connectivity index (χ3n) is 3.09. The highest BCUT2D eigenvalue weighted by Crippen LogP contribution is 2.32. The third-order valence-corrected chi connectivity index (χ3v) is 3.09. The van der Waals surface area contributed by atoms with Gasteiger partial charge in [0, 0.05) is 17.2 Å². The molecule has 0 saturated carbocycles. The van der Waals surface area contributed by atoms with Crippen molar-refractivity contribution >= 4 is 18.0 Å². The van der Waals surface area contributed by atoms with Crippen molar-refractivity contribution in [1.82, 2.24) is 4.98 Å². The molecule has 1 heterocycles. The minimum Gasteiger partial charge on any atom is -0.383 e. The molecule has 0 aliphatic heterocycles. The molecule has 2 heteroatoms. The summed E-state index contributed by atoms with van der Waals surface area (Å²) in [6.07, 6.45) is 11.5. The van der Waals surface area contributed by atoms with Crippen LogP contribution in [0.1, 0.15) is 31.4 Å². The Bertz CT molecular complexity index is 432. The molecule has 1 aromatic rings. The van der Waals surface area contributed by atoms with Gasteiger partial charge in [-0.05, 0) is 18.1 Å². The van der Waals surface area contributed by atoms with E-state index in [0.29, 0.717) is 5.82 Å². The van der Waals surface area contributed by atoms with Gasteiger partial charge in [0.15, 0.2) is 0 Å². The van der Waals surface area contributed by atoms with Crippen molar-refractivity contribution in [3.63, 3.8) is 0 Å². The van der Waals surface area contributed by atoms with E-state index in [-0.39, 0.29) is 5.41 Å². The molecule has 0 radical (unpaired) electrons. The van der Waals surface area contributed by atoms with Gasteiger partial charge in [-0.3, -0.25) is 0 Å². The molecule has 78 valence electrons. The van der Waals surface area contributed by atoms with Crippen LogP contribution in [0.2, 0.25) is 0 Å². The minimum absolute atomic E-state index is 0.130. The number of hydrogen-bond acceptors (Lipinski definition) is 2. The molecule has 0 fully saturated rings. The SMILES string of the molecule is CCC1(C)C=Cc2ccnc(N)c2C=C1. The van der Waals surface area contributed by atoms with Crippen molar-refractivity contribution in [3.8, 4) is 0 Å². The van der Waals surface area contributed by atoms with Crippen molar-refractivity contribution in [2.24, 2.45) is 5.41 Å². The quantitative estimate of drug-likeness (QED) is 0.756. The second kappa shape index (κ2) is 3.54. The maximum atomic E-state index is 5.84. The van der Waals surface area contributed by atoms with Crippen LogP contribution in [0.25, 0.3) is 12.2 Å². The van der Waals surface area contributed by atoms with E-state index in [1.54, 1.807) is 6.20 Å². The van der Waals surface area contributed by atoms with E-state index >= 15 is 0 Å². The molecule has 0 aromatic carbocycles. The summed E-state index contributed by atoms with van der Waals surface area (Å²) >= 11 is 0. The van der Waals surface area contributed by atoms with Gasteiger partial charge in [0.1, 0.15) is 5.82 Å². The Hall–Kier alpha value is -1.57. The molecular formula is C13H16N2. The molecule has 1 atom stereocenters. The first-order chi connectivity index (χ1) is 7.14. The minimum atomic E-state index is 0.130. The van der Waals surface area contributed by atoms with Gasteiger partial charge in [-0.1, -0.05) is 38.2 Å². The number of fused-ring (bicyclic) bond motifs is 1. The Balaban J connectivity index is 2.53. The van der Waals surface area contributed by atoms with Gasteiger partial charge in [0.05, 0.1) is 0 Å². The fraction of sp³-hybridized carbons (Fsp3) is 0.308. The summed E-state index contributed by atoms with van der Waals surface area (Å²) in [5, 5.41) is 0. The van der Waals surface area contributed by atoms with Crippen LogP contribution in [-0.4, -0.2) is 4.98 Å². The van der Waals surface area contributed by atoms with Crippen LogP contribution in [0.4, 0.5) is 5.82 Å². The summed E-state index contributed by atoms with van der Waals surface area (Å²) in [4.78, 5) is 4.10. The zero-order valence-corrected chi connectivity index (χ0v) is 9.20. The summed E-state index contributed by atoms with van der Waals surface area (Å²) in [7, 11) is 0. The smallest absolute Gasteiger partial charge is 0.131 e. The number of hydrogen-bond donors (Lipinski definition) is 1. The molecule has 1 aliphatic rings. The largest absolute Gasteiger partial charge is 0.383 e. The van der Waals surface area contributed by atoms with Crippen LogP contribution >= 0.6 is 0 Å². The average Bonchev–Trinajstić information content (AvgIpc) is 2.41. The topological polar surface area (TPSA) is 38.9 Å². The third kappa shape index (κ3) is 1.80. The first kappa shape index (κ1) is 9.97. The van der Waals surface area contributed by atoms with Gasteiger partial charge in [-0.2, -0.15) is 0 Å². The van der Waals surface area contributed by atoms with Gasteiger partial charge < -0.3 is 5.73 Å². The Labute approximate surface area is 90.5 Å². The molecule has 2 N–H and O–H groups in total. The first-order valence-corrected chi connectivity index (χ1v) is 5.27. The standard InChI is InChI=1S/C13H16N2/c1-3-13(2)7-4-10-6-9-15-12(14)11(10)5-8-13/h4-9H,3H2,1-2H3,(H2,14,15). The molecular weight excluding hydrogens is 184 g/mol. The Kier molecular flexibility index (Phi) is 2.35. The van der Waals surface area contributed by atoms with Crippen LogP contribution in [0.5, 0.6) is 0 Å². The van der Waals surface area contributed by atoms with Crippen molar-refractivity contribution < 1.29 is 0 Å². The van der Waals surface area contributed by atoms with E-state index in [1.807, 2.05) is 6.07 Å². The van der Waals surface area contributed by atoms with Crippen LogP contribution in [0, 0.1) is 5.41 Å². The number of pyridine rings is 1. The van der Waals surface area contributed by atoms with E-state index in [1.165, 1.54) is 0 Å². The normalized spacial score (nSPS) is 23.6. The zero-order chi connectivity index (χ0) is 10.9. The lowest BCUT2D eigenvalue weighted by Crippen LogP contribution is -2.05. The molecule has 0 spiro atoms. The molecule has 2 rings (SSSR count). The molecule has 0 saturated heterocycles. The van der Waals surface area contributed by atoms with Gasteiger partial charge in [-0.25, -0.2) is 4.98 Å². The maximum Gasteiger partial charge on any atom is 0.131 e. The van der Waals surface area contributed by atoms with Crippen molar-refractivity contribution in [1.29, 1.82) is 0 Å². The lowest BCUT2D eigenvalue weighted by molar-refractivity contribution is 0.536. The number of anilines is 1. The second-order valence-electron chi connectivity index (χ2n) is 4.23. The number of rotatable bonds is 1. The Morgan fingerprint density at radius 3 is 2.80 bits per heavy atom. The molecule has 0 amide bonds. The zero-order valence-electron chi connectivity index (χ0n) is 9.20. The predicted molar refractivity (Wildman–Crippen MR) is 65.1 cm³/mol. The summed E-state index contributed by atoms with van der Waals surface area (Å²) in [6.45, 7) is 4.40.